The minimum atomic E-state index is -0.763. The molecule has 1 heterocycles. The first-order chi connectivity index (χ1) is 9.85. The zero-order valence-electron chi connectivity index (χ0n) is 12.7. The fraction of sp³-hybridized carbons (Fsp3) is 0.562. The Hall–Kier alpha value is -1.26. The van der Waals surface area contributed by atoms with E-state index in [1.807, 2.05) is 30.9 Å². The molecule has 1 N–H and O–H groups in total. The van der Waals surface area contributed by atoms with Crippen LogP contribution >= 0.6 is 11.6 Å². The average molecular weight is 312 g/mol. The average Bonchev–Trinajstić information content (AvgIpc) is 2.37. The summed E-state index contributed by atoms with van der Waals surface area (Å²) in [6.45, 7) is 5.35. The van der Waals surface area contributed by atoms with Crippen molar-refractivity contribution in [1.82, 2.24) is 4.90 Å². The van der Waals surface area contributed by atoms with E-state index in [1.165, 1.54) is 0 Å². The summed E-state index contributed by atoms with van der Waals surface area (Å²) in [6.07, 6.45) is 1.92. The van der Waals surface area contributed by atoms with E-state index in [4.69, 9.17) is 16.3 Å². The standard InChI is InChI=1S/C16H22ClNO3/c1-16(2)7-4-8-18(14(16)15(19)20)10-11-9-12(17)5-6-13(11)21-3/h5-6,9,14H,4,7-8,10H2,1-3H3,(H,19,20). The van der Waals surface area contributed by atoms with E-state index in [-0.39, 0.29) is 5.41 Å². The van der Waals surface area contributed by atoms with Gasteiger partial charge in [-0.25, -0.2) is 0 Å². The van der Waals surface area contributed by atoms with Crippen LogP contribution in [0.25, 0.3) is 0 Å². The summed E-state index contributed by atoms with van der Waals surface area (Å²) in [7, 11) is 1.61. The van der Waals surface area contributed by atoms with Gasteiger partial charge in [0.15, 0.2) is 0 Å². The normalized spacial score (nSPS) is 22.0. The Bertz CT molecular complexity index is 530. The zero-order chi connectivity index (χ0) is 15.6. The Labute approximate surface area is 130 Å². The molecule has 1 fully saturated rings. The van der Waals surface area contributed by atoms with Crippen LogP contribution in [0.3, 0.4) is 0 Å². The van der Waals surface area contributed by atoms with Crippen molar-refractivity contribution >= 4 is 17.6 Å². The van der Waals surface area contributed by atoms with Crippen molar-refractivity contribution in [2.24, 2.45) is 5.41 Å². The third kappa shape index (κ3) is 3.50. The highest BCUT2D eigenvalue weighted by Gasteiger charge is 2.42. The van der Waals surface area contributed by atoms with Gasteiger partial charge in [-0.3, -0.25) is 9.69 Å². The first-order valence-electron chi connectivity index (χ1n) is 7.14. The van der Waals surface area contributed by atoms with Gasteiger partial charge in [-0.1, -0.05) is 25.4 Å². The van der Waals surface area contributed by atoms with Crippen LogP contribution in [0.2, 0.25) is 5.02 Å². The third-order valence-corrected chi connectivity index (χ3v) is 4.46. The first kappa shape index (κ1) is 16.1. The lowest BCUT2D eigenvalue weighted by Gasteiger charge is -2.44. The van der Waals surface area contributed by atoms with Crippen molar-refractivity contribution in [2.75, 3.05) is 13.7 Å². The van der Waals surface area contributed by atoms with Crippen LogP contribution in [0, 0.1) is 5.41 Å². The number of carbonyl (C=O) groups is 1. The molecular weight excluding hydrogens is 290 g/mol. The molecule has 5 heteroatoms. The van der Waals surface area contributed by atoms with Gasteiger partial charge in [0.05, 0.1) is 7.11 Å². The molecule has 1 saturated heterocycles. The quantitative estimate of drug-likeness (QED) is 0.925. The molecule has 116 valence electrons. The number of benzene rings is 1. The van der Waals surface area contributed by atoms with Gasteiger partial charge in [0.25, 0.3) is 0 Å². The van der Waals surface area contributed by atoms with Crippen molar-refractivity contribution in [3.05, 3.63) is 28.8 Å². The van der Waals surface area contributed by atoms with Crippen LogP contribution in [-0.2, 0) is 11.3 Å². The molecule has 1 aliphatic heterocycles. The Morgan fingerprint density at radius 1 is 1.52 bits per heavy atom. The van der Waals surface area contributed by atoms with Gasteiger partial charge < -0.3 is 9.84 Å². The predicted molar refractivity (Wildman–Crippen MR) is 82.9 cm³/mol. The highest BCUT2D eigenvalue weighted by atomic mass is 35.5. The van der Waals surface area contributed by atoms with E-state index in [9.17, 15) is 9.90 Å². The van der Waals surface area contributed by atoms with E-state index < -0.39 is 12.0 Å². The van der Waals surface area contributed by atoms with E-state index >= 15 is 0 Å². The van der Waals surface area contributed by atoms with E-state index in [1.54, 1.807) is 13.2 Å². The topological polar surface area (TPSA) is 49.8 Å². The third-order valence-electron chi connectivity index (χ3n) is 4.22. The number of hydrogen-bond acceptors (Lipinski definition) is 3. The Morgan fingerprint density at radius 3 is 2.86 bits per heavy atom. The van der Waals surface area contributed by atoms with Crippen molar-refractivity contribution in [1.29, 1.82) is 0 Å². The summed E-state index contributed by atoms with van der Waals surface area (Å²) in [5, 5.41) is 10.2. The molecule has 0 spiro atoms. The number of methoxy groups -OCH3 is 1. The maximum Gasteiger partial charge on any atom is 0.321 e. The SMILES string of the molecule is COc1ccc(Cl)cc1CN1CCCC(C)(C)C1C(=O)O. The molecule has 0 saturated carbocycles. The molecule has 0 aromatic heterocycles. The molecular formula is C16H22ClNO3. The van der Waals surface area contributed by atoms with Crippen LogP contribution in [0.15, 0.2) is 18.2 Å². The fourth-order valence-corrected chi connectivity index (χ4v) is 3.44. The smallest absolute Gasteiger partial charge is 0.321 e. The van der Waals surface area contributed by atoms with Gasteiger partial charge in [0, 0.05) is 17.1 Å². The predicted octanol–water partition coefficient (Wildman–Crippen LogP) is 3.42. The molecule has 0 bridgehead atoms. The number of hydrogen-bond donors (Lipinski definition) is 1. The minimum absolute atomic E-state index is 0.240. The Morgan fingerprint density at radius 2 is 2.24 bits per heavy atom. The molecule has 4 nitrogen and oxygen atoms in total. The number of nitrogens with zero attached hydrogens (tertiary/aromatic N) is 1. The molecule has 0 amide bonds. The number of piperidine rings is 1. The first-order valence-corrected chi connectivity index (χ1v) is 7.52. The molecule has 1 aliphatic rings. The number of ether oxygens (including phenoxy) is 1. The molecule has 0 aliphatic carbocycles. The van der Waals surface area contributed by atoms with Gasteiger partial charge in [-0.15, -0.1) is 0 Å². The van der Waals surface area contributed by atoms with Gasteiger partial charge >= 0.3 is 5.97 Å². The molecule has 21 heavy (non-hydrogen) atoms. The van der Waals surface area contributed by atoms with Gasteiger partial charge in [-0.05, 0) is 43.0 Å². The highest BCUT2D eigenvalue weighted by molar-refractivity contribution is 6.30. The molecule has 1 atom stereocenters. The second kappa shape index (κ2) is 6.24. The second-order valence-corrected chi connectivity index (χ2v) is 6.70. The number of likely N-dealkylation sites (tertiary alicyclic amines) is 1. The number of halogens is 1. The number of carboxylic acid groups (broad SMARTS) is 1. The second-order valence-electron chi connectivity index (χ2n) is 6.26. The number of carboxylic acids is 1. The lowest BCUT2D eigenvalue weighted by Crippen LogP contribution is -2.53. The number of rotatable bonds is 4. The summed E-state index contributed by atoms with van der Waals surface area (Å²) in [5.74, 6) is -0.0207. The number of aliphatic carboxylic acids is 1. The fourth-order valence-electron chi connectivity index (χ4n) is 3.25. The summed E-state index contributed by atoms with van der Waals surface area (Å²) in [6, 6.07) is 4.96. The zero-order valence-corrected chi connectivity index (χ0v) is 13.5. The molecule has 1 unspecified atom stereocenters. The summed E-state index contributed by atoms with van der Waals surface area (Å²) >= 11 is 6.06. The van der Waals surface area contributed by atoms with Crippen molar-refractivity contribution in [3.8, 4) is 5.75 Å². The molecule has 2 rings (SSSR count). The van der Waals surface area contributed by atoms with Crippen LogP contribution < -0.4 is 4.74 Å². The van der Waals surface area contributed by atoms with Crippen molar-refractivity contribution < 1.29 is 14.6 Å². The van der Waals surface area contributed by atoms with Crippen LogP contribution in [0.5, 0.6) is 5.75 Å². The van der Waals surface area contributed by atoms with Crippen LogP contribution in [0.4, 0.5) is 0 Å². The Balaban J connectivity index is 2.28. The Kier molecular flexibility index (Phi) is 4.79. The van der Waals surface area contributed by atoms with Gasteiger partial charge in [0.2, 0.25) is 0 Å². The minimum Gasteiger partial charge on any atom is -0.496 e. The summed E-state index contributed by atoms with van der Waals surface area (Å²) in [5.41, 5.74) is 0.685. The summed E-state index contributed by atoms with van der Waals surface area (Å²) in [4.78, 5) is 13.7. The van der Waals surface area contributed by atoms with Gasteiger partial charge in [-0.2, -0.15) is 0 Å². The highest BCUT2D eigenvalue weighted by Crippen LogP contribution is 2.37. The molecule has 1 aromatic carbocycles. The van der Waals surface area contributed by atoms with Crippen LogP contribution in [0.1, 0.15) is 32.3 Å². The maximum atomic E-state index is 11.7. The van der Waals surface area contributed by atoms with Crippen molar-refractivity contribution in [3.63, 3.8) is 0 Å². The van der Waals surface area contributed by atoms with Gasteiger partial charge in [0.1, 0.15) is 11.8 Å². The largest absolute Gasteiger partial charge is 0.496 e. The van der Waals surface area contributed by atoms with E-state index in [0.717, 1.165) is 30.7 Å². The molecule has 1 aromatic rings. The van der Waals surface area contributed by atoms with E-state index in [0.29, 0.717) is 11.6 Å². The molecule has 0 radical (unpaired) electrons. The maximum absolute atomic E-state index is 11.7. The van der Waals surface area contributed by atoms with Crippen LogP contribution in [-0.4, -0.2) is 35.7 Å². The monoisotopic (exact) mass is 311 g/mol. The summed E-state index contributed by atoms with van der Waals surface area (Å²) < 4.78 is 5.36. The lowest BCUT2D eigenvalue weighted by atomic mass is 9.76. The lowest BCUT2D eigenvalue weighted by molar-refractivity contribution is -0.151. The van der Waals surface area contributed by atoms with E-state index in [2.05, 4.69) is 0 Å². The van der Waals surface area contributed by atoms with Crippen molar-refractivity contribution in [2.45, 2.75) is 39.3 Å².